The zero-order valence-corrected chi connectivity index (χ0v) is 48.3. The molecule has 4 unspecified atom stereocenters. The van der Waals surface area contributed by atoms with Crippen LogP contribution in [0, 0.1) is 29.6 Å². The lowest BCUT2D eigenvalue weighted by Gasteiger charge is -2.39. The van der Waals surface area contributed by atoms with Crippen molar-refractivity contribution in [2.45, 2.75) is 178 Å². The highest BCUT2D eigenvalue weighted by Gasteiger charge is 2.51. The fourth-order valence-corrected chi connectivity index (χ4v) is 17.1. The van der Waals surface area contributed by atoms with Crippen LogP contribution in [0.5, 0.6) is 0 Å². The van der Waals surface area contributed by atoms with Crippen LogP contribution in [-0.4, -0.2) is 152 Å². The number of carbonyl (C=O) groups excluding carboxylic acids is 7. The Bertz CT molecular complexity index is 2770. The second-order valence-corrected chi connectivity index (χ2v) is 26.9. The monoisotopic (exact) mass is 1140 g/mol. The zero-order chi connectivity index (χ0) is 56.4. The van der Waals surface area contributed by atoms with Gasteiger partial charge in [0, 0.05) is 54.8 Å². The summed E-state index contributed by atoms with van der Waals surface area (Å²) < 4.78 is 29.7. The number of anilines is 1. The Labute approximate surface area is 476 Å². The second kappa shape index (κ2) is 25.1. The van der Waals surface area contributed by atoms with Gasteiger partial charge in [0.15, 0.2) is 0 Å². The van der Waals surface area contributed by atoms with Crippen LogP contribution in [0.15, 0.2) is 36.4 Å². The van der Waals surface area contributed by atoms with Gasteiger partial charge in [0.1, 0.15) is 12.1 Å². The molecule has 5 aliphatic heterocycles. The Hall–Kier alpha value is -5.15. The molecule has 6 fully saturated rings. The number of hydrogen-bond donors (Lipinski definition) is 7. The van der Waals surface area contributed by atoms with Gasteiger partial charge in [-0.3, -0.25) is 33.6 Å². The smallest absolute Gasteiger partial charge is 0.253 e. The van der Waals surface area contributed by atoms with Crippen LogP contribution in [0.25, 0.3) is 0 Å². The molecule has 436 valence electrons. The summed E-state index contributed by atoms with van der Waals surface area (Å²) in [6.07, 6.45) is 13.2. The summed E-state index contributed by atoms with van der Waals surface area (Å²) >= 11 is 6.44. The number of carbonyl (C=O) groups is 7. The van der Waals surface area contributed by atoms with Gasteiger partial charge in [-0.05, 0) is 170 Å². The highest BCUT2D eigenvalue weighted by atomic mass is 35.5. The molecular formula is C59H83ClN10O9S. The van der Waals surface area contributed by atoms with Gasteiger partial charge in [-0.15, -0.1) is 0 Å². The lowest BCUT2D eigenvalue weighted by atomic mass is 9.83. The summed E-state index contributed by atoms with van der Waals surface area (Å²) in [5, 5.41) is 21.7. The number of hydrogen-bond acceptors (Lipinski definition) is 11. The topological polar surface area (TPSA) is 248 Å². The van der Waals surface area contributed by atoms with E-state index in [1.807, 2.05) is 19.1 Å². The minimum atomic E-state index is -3.52. The van der Waals surface area contributed by atoms with Crippen LogP contribution in [0.3, 0.4) is 0 Å². The largest absolute Gasteiger partial charge is 0.356 e. The third-order valence-corrected chi connectivity index (χ3v) is 21.6. The molecular weight excluding hydrogens is 1060 g/mol. The molecule has 11 atom stereocenters. The minimum Gasteiger partial charge on any atom is -0.356 e. The van der Waals surface area contributed by atoms with Crippen LogP contribution < -0.4 is 37.2 Å². The van der Waals surface area contributed by atoms with E-state index >= 15 is 0 Å². The van der Waals surface area contributed by atoms with Crippen molar-refractivity contribution in [2.75, 3.05) is 50.8 Å². The number of rotatable bonds is 20. The summed E-state index contributed by atoms with van der Waals surface area (Å²) in [5.41, 5.74) is 3.96. The van der Waals surface area contributed by atoms with E-state index in [0.29, 0.717) is 37.1 Å². The molecule has 0 aromatic heterocycles. The van der Waals surface area contributed by atoms with E-state index in [4.69, 9.17) is 11.6 Å². The number of nitrogens with one attached hydrogen (secondary N) is 7. The summed E-state index contributed by atoms with van der Waals surface area (Å²) in [6.45, 7) is 6.55. The van der Waals surface area contributed by atoms with E-state index in [9.17, 15) is 42.0 Å². The van der Waals surface area contributed by atoms with Crippen LogP contribution in [0.4, 0.5) is 5.69 Å². The first-order valence-electron chi connectivity index (χ1n) is 29.9. The molecule has 2 aromatic carbocycles. The number of benzene rings is 2. The number of aryl methyl sites for hydroxylation is 1. The molecule has 80 heavy (non-hydrogen) atoms. The van der Waals surface area contributed by atoms with Gasteiger partial charge in [-0.2, -0.15) is 4.31 Å². The van der Waals surface area contributed by atoms with Gasteiger partial charge in [-0.25, -0.2) is 8.42 Å². The Balaban J connectivity index is 0.660. The molecule has 19 nitrogen and oxygen atoms in total. The van der Waals surface area contributed by atoms with Crippen molar-refractivity contribution in [1.82, 2.24) is 46.0 Å². The van der Waals surface area contributed by atoms with Gasteiger partial charge in [0.05, 0.1) is 34.8 Å². The maximum absolute atomic E-state index is 14.8. The molecule has 2 saturated carbocycles. The third kappa shape index (κ3) is 13.2. The van der Waals surface area contributed by atoms with Crippen molar-refractivity contribution in [3.05, 3.63) is 63.7 Å². The van der Waals surface area contributed by atoms with Crippen molar-refractivity contribution in [3.63, 3.8) is 0 Å². The molecule has 2 aromatic rings. The van der Waals surface area contributed by atoms with E-state index in [1.54, 1.807) is 35.3 Å². The SMILES string of the molecule is CN[C@@H](C)C(=O)N[C@H](C(=O)N1C[C@@H](NC(=O)C(C)C2C[C@@H]2C(=O)NCCCN2CCC(CS(=O)(=O)N3C4CC[C@H]3CC(NC(=O)c3cc5c(cc3Cl)NC(=O)C5)C4)CC2)C[C@H]1C(=O)N[C@@H]1CCCc2ccccc21)C1CCCCC1. The number of halogens is 1. The average Bonchev–Trinajstić information content (AvgIpc) is 3.89. The molecule has 3 aliphatic carbocycles. The van der Waals surface area contributed by atoms with Crippen LogP contribution in [0.2, 0.25) is 5.02 Å². The summed E-state index contributed by atoms with van der Waals surface area (Å²) in [6, 6.07) is 8.05. The van der Waals surface area contributed by atoms with Crippen molar-refractivity contribution in [3.8, 4) is 0 Å². The predicted molar refractivity (Wildman–Crippen MR) is 304 cm³/mol. The Morgan fingerprint density at radius 1 is 0.800 bits per heavy atom. The molecule has 2 bridgehead atoms. The van der Waals surface area contributed by atoms with E-state index in [0.717, 1.165) is 114 Å². The lowest BCUT2D eigenvalue weighted by molar-refractivity contribution is -0.143. The Morgan fingerprint density at radius 2 is 1.54 bits per heavy atom. The van der Waals surface area contributed by atoms with Gasteiger partial charge in [0.2, 0.25) is 45.5 Å². The standard InChI is InChI=1S/C59H83ClN10O9S/c1-34(54(72)64-41-29-51(58(76)66-49-16-9-14-37-11-7-8-15-44(37)49)69(32-41)59(77)53(38-12-5-4-6-13-38)67-55(73)35(2)61-3)45-30-46(45)56(74)62-21-10-22-68-23-19-36(20-24-68)33-80(78,79)70-42-17-18-43(70)28-40(27-42)63-57(75)47-25-39-26-52(71)65-50(39)31-48(47)60/h7-8,11,15,25,31,34-36,38,40-43,45-46,49,51,53,61H,4-6,9-10,12-14,16-24,26-30,32-33H2,1-3H3,(H,62,74)(H,63,75)(H,64,72)(H,65,71)(H,66,76)(H,67,73)/t34?,35-,40?,41-,42-,43?,45?,46-,49+,51-,53-/m0/s1. The van der Waals surface area contributed by atoms with Crippen molar-refractivity contribution >= 4 is 68.7 Å². The second-order valence-electron chi connectivity index (χ2n) is 24.6. The van der Waals surface area contributed by atoms with Gasteiger partial charge < -0.3 is 47.0 Å². The van der Waals surface area contributed by atoms with E-state index in [1.165, 1.54) is 5.56 Å². The number of likely N-dealkylation sites (N-methyl/N-ethyl adjacent to an activating group) is 1. The van der Waals surface area contributed by atoms with Gasteiger partial charge >= 0.3 is 0 Å². The highest BCUT2D eigenvalue weighted by Crippen LogP contribution is 2.45. The molecule has 5 heterocycles. The van der Waals surface area contributed by atoms with Crippen molar-refractivity contribution in [1.29, 1.82) is 0 Å². The fourth-order valence-electron chi connectivity index (χ4n) is 14.4. The Kier molecular flexibility index (Phi) is 18.2. The number of sulfonamides is 1. The molecule has 8 aliphatic rings. The lowest BCUT2D eigenvalue weighted by Crippen LogP contribution is -2.58. The molecule has 0 spiro atoms. The first-order chi connectivity index (χ1) is 38.4. The quantitative estimate of drug-likeness (QED) is 0.0920. The number of piperidine rings is 2. The van der Waals surface area contributed by atoms with Gasteiger partial charge in [-0.1, -0.05) is 62.1 Å². The van der Waals surface area contributed by atoms with Gasteiger partial charge in [0.25, 0.3) is 5.91 Å². The van der Waals surface area contributed by atoms with Crippen LogP contribution >= 0.6 is 11.6 Å². The number of nitrogens with zero attached hydrogens (tertiary/aromatic N) is 3. The van der Waals surface area contributed by atoms with Crippen LogP contribution in [0.1, 0.15) is 150 Å². The Morgan fingerprint density at radius 3 is 2.27 bits per heavy atom. The highest BCUT2D eigenvalue weighted by molar-refractivity contribution is 7.89. The molecule has 0 radical (unpaired) electrons. The van der Waals surface area contributed by atoms with Crippen LogP contribution in [-0.2, 0) is 51.6 Å². The normalized spacial score (nSPS) is 28.1. The molecule has 7 N–H and O–H groups in total. The first kappa shape index (κ1) is 58.1. The maximum Gasteiger partial charge on any atom is 0.253 e. The van der Waals surface area contributed by atoms with E-state index in [-0.39, 0.29) is 119 Å². The molecule has 7 amide bonds. The predicted octanol–water partition coefficient (Wildman–Crippen LogP) is 4.33. The number of likely N-dealkylation sites (tertiary alicyclic amines) is 2. The number of fused-ring (bicyclic) bond motifs is 4. The number of amides is 7. The maximum atomic E-state index is 14.8. The first-order valence-corrected chi connectivity index (χ1v) is 31.8. The summed E-state index contributed by atoms with van der Waals surface area (Å²) in [4.78, 5) is 99.1. The minimum absolute atomic E-state index is 0.0493. The fraction of sp³-hybridized carbons (Fsp3) is 0.678. The van der Waals surface area contributed by atoms with E-state index in [2.05, 4.69) is 54.3 Å². The summed E-state index contributed by atoms with van der Waals surface area (Å²) in [7, 11) is -1.82. The van der Waals surface area contributed by atoms with Crippen molar-refractivity contribution < 1.29 is 42.0 Å². The zero-order valence-electron chi connectivity index (χ0n) is 46.7. The van der Waals surface area contributed by atoms with Crippen molar-refractivity contribution in [2.24, 2.45) is 29.6 Å². The van der Waals surface area contributed by atoms with E-state index < -0.39 is 40.1 Å². The molecule has 21 heteroatoms. The third-order valence-electron chi connectivity index (χ3n) is 19.2. The average molecular weight is 1140 g/mol. The molecule has 10 rings (SSSR count). The molecule has 4 saturated heterocycles. The summed E-state index contributed by atoms with van der Waals surface area (Å²) in [5.74, 6) is -2.36.